The Labute approximate surface area is 108 Å². The van der Waals surface area contributed by atoms with Crippen LogP contribution in [0.2, 0.25) is 0 Å². The lowest BCUT2D eigenvalue weighted by Crippen LogP contribution is -2.09. The minimum atomic E-state index is -4.48. The van der Waals surface area contributed by atoms with E-state index in [1.54, 1.807) is 30.3 Å². The maximum absolute atomic E-state index is 12.9. The summed E-state index contributed by atoms with van der Waals surface area (Å²) in [7, 11) is 0. The smallest absolute Gasteiger partial charge is 0.419 e. The van der Waals surface area contributed by atoms with Crippen LogP contribution in [-0.2, 0) is 12.7 Å². The summed E-state index contributed by atoms with van der Waals surface area (Å²) >= 11 is 0. The van der Waals surface area contributed by atoms with Gasteiger partial charge in [0, 0.05) is 6.54 Å². The molecule has 0 aliphatic carbocycles. The van der Waals surface area contributed by atoms with Gasteiger partial charge in [-0.25, -0.2) is 0 Å². The van der Waals surface area contributed by atoms with E-state index < -0.39 is 11.7 Å². The topological polar surface area (TPSA) is 35.2 Å². The zero-order valence-electron chi connectivity index (χ0n) is 9.95. The lowest BCUT2D eigenvalue weighted by molar-refractivity contribution is -0.138. The molecule has 0 heterocycles. The normalized spacial score (nSPS) is 11.4. The van der Waals surface area contributed by atoms with E-state index in [4.69, 9.17) is 10.5 Å². The van der Waals surface area contributed by atoms with Crippen LogP contribution in [0.1, 0.15) is 11.1 Å². The van der Waals surface area contributed by atoms with Crippen LogP contribution in [0.4, 0.5) is 13.2 Å². The highest BCUT2D eigenvalue weighted by atomic mass is 19.4. The van der Waals surface area contributed by atoms with Crippen LogP contribution in [0.25, 0.3) is 0 Å². The molecule has 5 heteroatoms. The molecule has 0 aliphatic heterocycles. The summed E-state index contributed by atoms with van der Waals surface area (Å²) in [6, 6.07) is 12.2. The van der Waals surface area contributed by atoms with Crippen LogP contribution in [0.15, 0.2) is 48.5 Å². The van der Waals surface area contributed by atoms with Crippen LogP contribution < -0.4 is 10.5 Å². The van der Waals surface area contributed by atoms with E-state index in [1.165, 1.54) is 12.1 Å². The van der Waals surface area contributed by atoms with Gasteiger partial charge in [0.25, 0.3) is 0 Å². The van der Waals surface area contributed by atoms with Gasteiger partial charge in [-0.05, 0) is 29.8 Å². The second-order valence-corrected chi connectivity index (χ2v) is 3.95. The summed E-state index contributed by atoms with van der Waals surface area (Å²) in [4.78, 5) is 0. The molecule has 2 aromatic rings. The van der Waals surface area contributed by atoms with E-state index in [2.05, 4.69) is 0 Å². The summed E-state index contributed by atoms with van der Waals surface area (Å²) in [5, 5.41) is 0. The Morgan fingerprint density at radius 3 is 2.26 bits per heavy atom. The van der Waals surface area contributed by atoms with Gasteiger partial charge in [-0.2, -0.15) is 13.2 Å². The Bertz CT molecular complexity index is 552. The first-order valence-electron chi connectivity index (χ1n) is 5.64. The molecule has 2 rings (SSSR count). The third-order valence-corrected chi connectivity index (χ3v) is 2.56. The van der Waals surface area contributed by atoms with Crippen LogP contribution in [0.5, 0.6) is 11.5 Å². The second kappa shape index (κ2) is 5.32. The van der Waals surface area contributed by atoms with E-state index in [1.807, 2.05) is 0 Å². The Morgan fingerprint density at radius 1 is 1.00 bits per heavy atom. The number of hydrogen-bond donors (Lipinski definition) is 1. The van der Waals surface area contributed by atoms with E-state index in [0.29, 0.717) is 11.3 Å². The summed E-state index contributed by atoms with van der Waals surface area (Å²) in [5.41, 5.74) is 4.95. The van der Waals surface area contributed by atoms with Crippen molar-refractivity contribution >= 4 is 0 Å². The number of halogens is 3. The number of rotatable bonds is 3. The highest BCUT2D eigenvalue weighted by molar-refractivity contribution is 5.42. The van der Waals surface area contributed by atoms with Gasteiger partial charge in [-0.1, -0.05) is 24.3 Å². The summed E-state index contributed by atoms with van der Waals surface area (Å²) in [6.07, 6.45) is -4.48. The number of para-hydroxylation sites is 1. The average Bonchev–Trinajstić information content (AvgIpc) is 2.39. The maximum atomic E-state index is 12.9. The number of alkyl halides is 3. The monoisotopic (exact) mass is 267 g/mol. The molecule has 0 saturated heterocycles. The lowest BCUT2D eigenvalue weighted by atomic mass is 10.1. The summed E-state index contributed by atoms with van der Waals surface area (Å²) < 4.78 is 44.1. The van der Waals surface area contributed by atoms with Gasteiger partial charge in [0.2, 0.25) is 0 Å². The largest absolute Gasteiger partial charge is 0.457 e. The number of nitrogens with two attached hydrogens (primary N) is 1. The van der Waals surface area contributed by atoms with Crippen molar-refractivity contribution in [3.8, 4) is 11.5 Å². The van der Waals surface area contributed by atoms with Gasteiger partial charge in [0.15, 0.2) is 0 Å². The molecule has 19 heavy (non-hydrogen) atoms. The standard InChI is InChI=1S/C14H12F3NO/c15-14(16,17)12-8-10(9-18)6-7-13(12)19-11-4-2-1-3-5-11/h1-8H,9,18H2. The molecule has 0 aromatic heterocycles. The van der Waals surface area contributed by atoms with Gasteiger partial charge in [0.05, 0.1) is 5.56 Å². The van der Waals surface area contributed by atoms with E-state index >= 15 is 0 Å². The second-order valence-electron chi connectivity index (χ2n) is 3.95. The Kier molecular flexibility index (Phi) is 3.76. The Morgan fingerprint density at radius 2 is 1.68 bits per heavy atom. The van der Waals surface area contributed by atoms with Gasteiger partial charge in [-0.15, -0.1) is 0 Å². The zero-order chi connectivity index (χ0) is 13.9. The zero-order valence-corrected chi connectivity index (χ0v) is 9.95. The highest BCUT2D eigenvalue weighted by Gasteiger charge is 2.34. The van der Waals surface area contributed by atoms with Crippen molar-refractivity contribution in [1.29, 1.82) is 0 Å². The molecule has 0 amide bonds. The predicted octanol–water partition coefficient (Wildman–Crippen LogP) is 3.96. The first-order chi connectivity index (χ1) is 9.00. The average molecular weight is 267 g/mol. The first kappa shape index (κ1) is 13.4. The van der Waals surface area contributed by atoms with Crippen LogP contribution in [-0.4, -0.2) is 0 Å². The third-order valence-electron chi connectivity index (χ3n) is 2.56. The predicted molar refractivity (Wildman–Crippen MR) is 65.9 cm³/mol. The van der Waals surface area contributed by atoms with Crippen LogP contribution >= 0.6 is 0 Å². The number of hydrogen-bond acceptors (Lipinski definition) is 2. The van der Waals surface area contributed by atoms with Crippen molar-refractivity contribution in [1.82, 2.24) is 0 Å². The quantitative estimate of drug-likeness (QED) is 0.913. The van der Waals surface area contributed by atoms with Crippen molar-refractivity contribution in [2.75, 3.05) is 0 Å². The minimum absolute atomic E-state index is 0.0503. The molecule has 0 aliphatic rings. The number of benzene rings is 2. The number of ether oxygens (including phenoxy) is 1. The molecular formula is C14H12F3NO. The van der Waals surface area contributed by atoms with Gasteiger partial charge >= 0.3 is 6.18 Å². The van der Waals surface area contributed by atoms with Crippen molar-refractivity contribution < 1.29 is 17.9 Å². The molecule has 2 aromatic carbocycles. The minimum Gasteiger partial charge on any atom is -0.457 e. The van der Waals surface area contributed by atoms with Crippen molar-refractivity contribution in [3.05, 3.63) is 59.7 Å². The molecular weight excluding hydrogens is 255 g/mol. The first-order valence-corrected chi connectivity index (χ1v) is 5.64. The van der Waals surface area contributed by atoms with E-state index in [0.717, 1.165) is 6.07 Å². The van der Waals surface area contributed by atoms with E-state index in [-0.39, 0.29) is 12.3 Å². The molecule has 0 atom stereocenters. The van der Waals surface area contributed by atoms with Crippen molar-refractivity contribution in [3.63, 3.8) is 0 Å². The van der Waals surface area contributed by atoms with Crippen molar-refractivity contribution in [2.24, 2.45) is 5.73 Å². The van der Waals surface area contributed by atoms with Crippen molar-refractivity contribution in [2.45, 2.75) is 12.7 Å². The van der Waals surface area contributed by atoms with Crippen LogP contribution in [0, 0.1) is 0 Å². The molecule has 0 unspecified atom stereocenters. The fraction of sp³-hybridized carbons (Fsp3) is 0.143. The van der Waals surface area contributed by atoms with Crippen LogP contribution in [0.3, 0.4) is 0 Å². The van der Waals surface area contributed by atoms with Gasteiger partial charge in [0.1, 0.15) is 11.5 Å². The van der Waals surface area contributed by atoms with Gasteiger partial charge in [-0.3, -0.25) is 0 Å². The third kappa shape index (κ3) is 3.26. The molecule has 0 saturated carbocycles. The van der Waals surface area contributed by atoms with E-state index in [9.17, 15) is 13.2 Å². The molecule has 100 valence electrons. The Balaban J connectivity index is 2.40. The summed E-state index contributed by atoms with van der Waals surface area (Å²) in [5.74, 6) is 0.129. The fourth-order valence-corrected chi connectivity index (χ4v) is 1.63. The Hall–Kier alpha value is -2.01. The molecule has 0 spiro atoms. The molecule has 0 fully saturated rings. The van der Waals surface area contributed by atoms with Gasteiger partial charge < -0.3 is 10.5 Å². The molecule has 2 nitrogen and oxygen atoms in total. The molecule has 0 radical (unpaired) electrons. The lowest BCUT2D eigenvalue weighted by Gasteiger charge is -2.14. The fourth-order valence-electron chi connectivity index (χ4n) is 1.63. The highest BCUT2D eigenvalue weighted by Crippen LogP contribution is 2.38. The summed E-state index contributed by atoms with van der Waals surface area (Å²) in [6.45, 7) is 0.0503. The SMILES string of the molecule is NCc1ccc(Oc2ccccc2)c(C(F)(F)F)c1. The molecule has 0 bridgehead atoms. The maximum Gasteiger partial charge on any atom is 0.419 e. The molecule has 2 N–H and O–H groups in total.